The number of furan rings is 2. The number of hydrogen-bond donors (Lipinski definition) is 0. The summed E-state index contributed by atoms with van der Waals surface area (Å²) in [7, 11) is 0. The minimum Gasteiger partial charge on any atom is -0.456 e. The molecule has 0 unspecified atom stereocenters. The summed E-state index contributed by atoms with van der Waals surface area (Å²) in [6, 6.07) is 52.1. The zero-order valence-corrected chi connectivity index (χ0v) is 27.8. The SMILES string of the molecule is c1ccc(-c2nc(-c3ccc4c(c3)oc3ccccc34)nc(-c3c(-c4cccc5sc6ccccc6c45)ccc4oc5ccccc5c34)n2)cc1. The molecule has 0 bridgehead atoms. The molecular weight excluding hydrogens is 647 g/mol. The Kier molecular flexibility index (Phi) is 6.05. The van der Waals surface area contributed by atoms with E-state index in [-0.39, 0.29) is 0 Å². The third-order valence-corrected chi connectivity index (χ3v) is 10.9. The van der Waals surface area contributed by atoms with Gasteiger partial charge in [-0.25, -0.2) is 15.0 Å². The Morgan fingerprint density at radius 1 is 0.373 bits per heavy atom. The molecule has 0 spiro atoms. The highest BCUT2D eigenvalue weighted by molar-refractivity contribution is 7.25. The van der Waals surface area contributed by atoms with Crippen molar-refractivity contribution in [3.8, 4) is 45.3 Å². The van der Waals surface area contributed by atoms with Gasteiger partial charge in [0.2, 0.25) is 0 Å². The zero-order valence-electron chi connectivity index (χ0n) is 27.0. The Morgan fingerprint density at radius 2 is 1.02 bits per heavy atom. The summed E-state index contributed by atoms with van der Waals surface area (Å²) in [5.74, 6) is 1.73. The first-order valence-electron chi connectivity index (χ1n) is 16.9. The van der Waals surface area contributed by atoms with Crippen LogP contribution in [0.1, 0.15) is 0 Å². The van der Waals surface area contributed by atoms with Crippen LogP contribution in [-0.2, 0) is 0 Å². The summed E-state index contributed by atoms with van der Waals surface area (Å²) in [6.45, 7) is 0. The fourth-order valence-corrected chi connectivity index (χ4v) is 8.60. The topological polar surface area (TPSA) is 65.0 Å². The normalized spacial score (nSPS) is 11.9. The predicted octanol–water partition coefficient (Wildman–Crippen LogP) is 12.7. The smallest absolute Gasteiger partial charge is 0.165 e. The molecule has 0 aliphatic rings. The number of nitrogens with zero attached hydrogens (tertiary/aromatic N) is 3. The number of thiophene rings is 1. The Balaban J connectivity index is 1.25. The molecule has 0 N–H and O–H groups in total. The molecule has 6 heteroatoms. The number of hydrogen-bond acceptors (Lipinski definition) is 6. The lowest BCUT2D eigenvalue weighted by Gasteiger charge is -2.14. The van der Waals surface area contributed by atoms with Gasteiger partial charge in [0.15, 0.2) is 17.5 Å². The largest absolute Gasteiger partial charge is 0.456 e. The van der Waals surface area contributed by atoms with E-state index in [0.717, 1.165) is 71.7 Å². The van der Waals surface area contributed by atoms with Crippen LogP contribution in [0.4, 0.5) is 0 Å². The quantitative estimate of drug-likeness (QED) is 0.186. The van der Waals surface area contributed by atoms with Crippen molar-refractivity contribution in [3.63, 3.8) is 0 Å². The van der Waals surface area contributed by atoms with E-state index < -0.39 is 0 Å². The van der Waals surface area contributed by atoms with Crippen LogP contribution in [0.25, 0.3) is 109 Å². The van der Waals surface area contributed by atoms with Gasteiger partial charge in [-0.3, -0.25) is 0 Å². The molecule has 51 heavy (non-hydrogen) atoms. The number of fused-ring (bicyclic) bond motifs is 9. The average molecular weight is 672 g/mol. The molecular formula is C45H25N3O2S. The van der Waals surface area contributed by atoms with E-state index in [4.69, 9.17) is 23.8 Å². The summed E-state index contributed by atoms with van der Waals surface area (Å²) in [4.78, 5) is 15.7. The van der Waals surface area contributed by atoms with E-state index in [1.807, 2.05) is 78.1 Å². The second-order valence-corrected chi connectivity index (χ2v) is 13.8. The van der Waals surface area contributed by atoms with Gasteiger partial charge in [0.1, 0.15) is 22.3 Å². The van der Waals surface area contributed by atoms with Crippen LogP contribution in [0.2, 0.25) is 0 Å². The molecule has 5 nitrogen and oxygen atoms in total. The Bertz CT molecular complexity index is 3160. The van der Waals surface area contributed by atoms with E-state index >= 15 is 0 Å². The lowest BCUT2D eigenvalue weighted by Crippen LogP contribution is -2.01. The molecule has 0 saturated heterocycles. The molecule has 0 aliphatic carbocycles. The average Bonchev–Trinajstić information content (AvgIpc) is 3.88. The first kappa shape index (κ1) is 28.2. The van der Waals surface area contributed by atoms with Crippen LogP contribution in [-0.4, -0.2) is 15.0 Å². The van der Waals surface area contributed by atoms with Crippen LogP contribution in [0, 0.1) is 0 Å². The molecule has 4 aromatic heterocycles. The number of rotatable bonds is 4. The second kappa shape index (κ2) is 10.9. The lowest BCUT2D eigenvalue weighted by molar-refractivity contribution is 0.668. The van der Waals surface area contributed by atoms with Gasteiger partial charge in [0.05, 0.1) is 0 Å². The van der Waals surface area contributed by atoms with Gasteiger partial charge in [-0.2, -0.15) is 0 Å². The van der Waals surface area contributed by atoms with Gasteiger partial charge in [-0.15, -0.1) is 11.3 Å². The van der Waals surface area contributed by atoms with E-state index in [1.54, 1.807) is 0 Å². The highest BCUT2D eigenvalue weighted by Crippen LogP contribution is 2.46. The fraction of sp³-hybridized carbons (Fsp3) is 0. The van der Waals surface area contributed by atoms with Gasteiger partial charge < -0.3 is 8.83 Å². The molecule has 238 valence electrons. The van der Waals surface area contributed by atoms with Crippen molar-refractivity contribution < 1.29 is 8.83 Å². The summed E-state index contributed by atoms with van der Waals surface area (Å²) < 4.78 is 15.3. The molecule has 11 rings (SSSR count). The Morgan fingerprint density at radius 3 is 1.88 bits per heavy atom. The number of aromatic nitrogens is 3. The van der Waals surface area contributed by atoms with Gasteiger partial charge in [0, 0.05) is 58.4 Å². The van der Waals surface area contributed by atoms with E-state index in [2.05, 4.69) is 84.9 Å². The van der Waals surface area contributed by atoms with Crippen LogP contribution >= 0.6 is 11.3 Å². The van der Waals surface area contributed by atoms with Crippen molar-refractivity contribution in [3.05, 3.63) is 152 Å². The maximum atomic E-state index is 6.47. The minimum absolute atomic E-state index is 0.566. The summed E-state index contributed by atoms with van der Waals surface area (Å²) >= 11 is 1.81. The molecule has 0 fully saturated rings. The summed E-state index contributed by atoms with van der Waals surface area (Å²) in [5, 5.41) is 6.58. The molecule has 11 aromatic rings. The van der Waals surface area contributed by atoms with Gasteiger partial charge >= 0.3 is 0 Å². The number of para-hydroxylation sites is 2. The first-order chi connectivity index (χ1) is 25.3. The molecule has 0 radical (unpaired) electrons. The molecule has 0 atom stereocenters. The molecule has 0 aliphatic heterocycles. The van der Waals surface area contributed by atoms with E-state index in [9.17, 15) is 0 Å². The Labute approximate surface area is 295 Å². The van der Waals surface area contributed by atoms with Crippen molar-refractivity contribution in [2.75, 3.05) is 0 Å². The molecule has 0 saturated carbocycles. The zero-order chi connectivity index (χ0) is 33.5. The van der Waals surface area contributed by atoms with Crippen molar-refractivity contribution in [1.82, 2.24) is 15.0 Å². The Hall–Kier alpha value is -6.63. The summed E-state index contributed by atoms with van der Waals surface area (Å²) in [5.41, 5.74) is 8.06. The highest BCUT2D eigenvalue weighted by atomic mass is 32.1. The lowest BCUT2D eigenvalue weighted by atomic mass is 9.92. The van der Waals surface area contributed by atoms with Gasteiger partial charge in [-0.05, 0) is 59.7 Å². The molecule has 4 heterocycles. The third kappa shape index (κ3) is 4.37. The third-order valence-electron chi connectivity index (χ3n) is 9.76. The fourth-order valence-electron chi connectivity index (χ4n) is 7.47. The van der Waals surface area contributed by atoms with Crippen molar-refractivity contribution in [1.29, 1.82) is 0 Å². The van der Waals surface area contributed by atoms with Crippen LogP contribution in [0.15, 0.2) is 160 Å². The number of benzene rings is 7. The van der Waals surface area contributed by atoms with Crippen LogP contribution in [0.3, 0.4) is 0 Å². The van der Waals surface area contributed by atoms with Gasteiger partial charge in [0.25, 0.3) is 0 Å². The first-order valence-corrected chi connectivity index (χ1v) is 17.7. The van der Waals surface area contributed by atoms with Crippen molar-refractivity contribution >= 4 is 75.4 Å². The van der Waals surface area contributed by atoms with Crippen LogP contribution < -0.4 is 0 Å². The summed E-state index contributed by atoms with van der Waals surface area (Å²) in [6.07, 6.45) is 0. The van der Waals surface area contributed by atoms with E-state index in [1.165, 1.54) is 20.2 Å². The van der Waals surface area contributed by atoms with Crippen molar-refractivity contribution in [2.24, 2.45) is 0 Å². The molecule has 7 aromatic carbocycles. The monoisotopic (exact) mass is 671 g/mol. The van der Waals surface area contributed by atoms with Crippen molar-refractivity contribution in [2.45, 2.75) is 0 Å². The maximum Gasteiger partial charge on any atom is 0.165 e. The predicted molar refractivity (Wildman–Crippen MR) is 209 cm³/mol. The van der Waals surface area contributed by atoms with E-state index in [0.29, 0.717) is 17.5 Å². The minimum atomic E-state index is 0.566. The standard InChI is InChI=1S/C45H25N3O2S/c1-2-11-26(12-3-1)43-46-44(27-21-22-29-28-13-4-7-17-34(28)50-37(29)25-27)48-45(47-43)42-31(23-24-36-41(42)32-14-5-8-18-35(32)49-36)30-16-10-20-39-40(30)33-15-6-9-19-38(33)51-39/h1-25H. The maximum absolute atomic E-state index is 6.47. The second-order valence-electron chi connectivity index (χ2n) is 12.7. The molecule has 0 amide bonds. The van der Waals surface area contributed by atoms with Gasteiger partial charge in [-0.1, -0.05) is 103 Å². The van der Waals surface area contributed by atoms with Crippen LogP contribution in [0.5, 0.6) is 0 Å². The highest BCUT2D eigenvalue weighted by Gasteiger charge is 2.24.